The van der Waals surface area contributed by atoms with Crippen molar-refractivity contribution >= 4 is 17.4 Å². The Labute approximate surface area is 131 Å². The van der Waals surface area contributed by atoms with Crippen LogP contribution in [0.5, 0.6) is 5.75 Å². The Bertz CT molecular complexity index is 691. The summed E-state index contributed by atoms with van der Waals surface area (Å²) in [6.45, 7) is 0.157. The maximum atomic E-state index is 13.0. The van der Waals surface area contributed by atoms with Crippen LogP contribution in [0.2, 0.25) is 5.02 Å². The number of halogens is 2. The minimum Gasteiger partial charge on any atom is -0.491 e. The van der Waals surface area contributed by atoms with E-state index in [-0.39, 0.29) is 23.9 Å². The number of ether oxygens (including phenoxy) is 1. The quantitative estimate of drug-likeness (QED) is 0.855. The van der Waals surface area contributed by atoms with Gasteiger partial charge in [0.1, 0.15) is 36.2 Å². The Kier molecular flexibility index (Phi) is 5.53. The Morgan fingerprint density at radius 3 is 2.95 bits per heavy atom. The van der Waals surface area contributed by atoms with Gasteiger partial charge < -0.3 is 15.2 Å². The SMILES string of the molecule is N#Cc1nc(NC[C@@H](O)COc2cccc(F)c2)ccc1Cl. The number of aromatic nitrogens is 1. The van der Waals surface area contributed by atoms with E-state index in [1.165, 1.54) is 18.2 Å². The molecule has 5 nitrogen and oxygen atoms in total. The van der Waals surface area contributed by atoms with Crippen LogP contribution in [0.15, 0.2) is 36.4 Å². The molecular formula is C15H13ClFN3O2. The number of aliphatic hydroxyl groups is 1. The van der Waals surface area contributed by atoms with Gasteiger partial charge in [-0.2, -0.15) is 5.26 Å². The van der Waals surface area contributed by atoms with Crippen LogP contribution in [0.25, 0.3) is 0 Å². The maximum absolute atomic E-state index is 13.0. The highest BCUT2D eigenvalue weighted by Crippen LogP contribution is 2.16. The zero-order chi connectivity index (χ0) is 15.9. The summed E-state index contributed by atoms with van der Waals surface area (Å²) in [4.78, 5) is 3.99. The molecule has 1 atom stereocenters. The largest absolute Gasteiger partial charge is 0.491 e. The van der Waals surface area contributed by atoms with E-state index in [0.29, 0.717) is 11.6 Å². The topological polar surface area (TPSA) is 78.2 Å². The first kappa shape index (κ1) is 16.0. The fraction of sp³-hybridized carbons (Fsp3) is 0.200. The molecule has 1 aromatic heterocycles. The van der Waals surface area contributed by atoms with Crippen LogP contribution in [0, 0.1) is 17.1 Å². The number of aliphatic hydroxyl groups excluding tert-OH is 1. The Morgan fingerprint density at radius 1 is 1.41 bits per heavy atom. The first-order valence-electron chi connectivity index (χ1n) is 6.45. The highest BCUT2D eigenvalue weighted by molar-refractivity contribution is 6.31. The number of anilines is 1. The molecule has 0 fully saturated rings. The minimum absolute atomic E-state index is 0.00481. The molecular weight excluding hydrogens is 309 g/mol. The molecule has 0 saturated heterocycles. The van der Waals surface area contributed by atoms with E-state index in [2.05, 4.69) is 10.3 Å². The van der Waals surface area contributed by atoms with Gasteiger partial charge in [0.25, 0.3) is 0 Å². The fourth-order valence-corrected chi connectivity index (χ4v) is 1.80. The molecule has 0 amide bonds. The maximum Gasteiger partial charge on any atom is 0.161 e. The van der Waals surface area contributed by atoms with Crippen molar-refractivity contribution in [2.45, 2.75) is 6.10 Å². The zero-order valence-corrected chi connectivity index (χ0v) is 12.2. The number of hydrogen-bond donors (Lipinski definition) is 2. The van der Waals surface area contributed by atoms with Crippen molar-refractivity contribution in [1.82, 2.24) is 4.98 Å². The van der Waals surface area contributed by atoms with Crippen molar-refractivity contribution in [3.05, 3.63) is 52.9 Å². The van der Waals surface area contributed by atoms with Crippen molar-refractivity contribution in [1.29, 1.82) is 5.26 Å². The lowest BCUT2D eigenvalue weighted by Gasteiger charge is -2.13. The fourth-order valence-electron chi connectivity index (χ4n) is 1.65. The lowest BCUT2D eigenvalue weighted by atomic mass is 10.3. The molecule has 2 N–H and O–H groups in total. The van der Waals surface area contributed by atoms with Crippen molar-refractivity contribution in [2.24, 2.45) is 0 Å². The number of rotatable bonds is 6. The molecule has 0 spiro atoms. The van der Waals surface area contributed by atoms with Crippen LogP contribution in [-0.2, 0) is 0 Å². The van der Waals surface area contributed by atoms with E-state index in [0.717, 1.165) is 0 Å². The third kappa shape index (κ3) is 4.58. The number of hydrogen-bond acceptors (Lipinski definition) is 5. The number of benzene rings is 1. The van der Waals surface area contributed by atoms with E-state index in [1.54, 1.807) is 18.2 Å². The standard InChI is InChI=1S/C15H13ClFN3O2/c16-13-4-5-15(20-14(13)7-18)19-8-11(21)9-22-12-3-1-2-10(17)6-12/h1-6,11,21H,8-9H2,(H,19,20)/t11-/m1/s1. The summed E-state index contributed by atoms with van der Waals surface area (Å²) >= 11 is 5.78. The Morgan fingerprint density at radius 2 is 2.23 bits per heavy atom. The van der Waals surface area contributed by atoms with Gasteiger partial charge in [-0.1, -0.05) is 17.7 Å². The second-order valence-corrected chi connectivity index (χ2v) is 4.85. The summed E-state index contributed by atoms with van der Waals surface area (Å²) < 4.78 is 18.2. The number of nitrogens with zero attached hydrogens (tertiary/aromatic N) is 2. The number of nitrogens with one attached hydrogen (secondary N) is 1. The molecule has 7 heteroatoms. The number of nitriles is 1. The predicted molar refractivity (Wildman–Crippen MR) is 80.4 cm³/mol. The lowest BCUT2D eigenvalue weighted by molar-refractivity contribution is 0.117. The van der Waals surface area contributed by atoms with Gasteiger partial charge in [-0.15, -0.1) is 0 Å². The van der Waals surface area contributed by atoms with Gasteiger partial charge in [-0.3, -0.25) is 0 Å². The average Bonchev–Trinajstić information content (AvgIpc) is 2.52. The van der Waals surface area contributed by atoms with E-state index in [9.17, 15) is 9.50 Å². The predicted octanol–water partition coefficient (Wildman–Crippen LogP) is 2.60. The van der Waals surface area contributed by atoms with Crippen LogP contribution in [0.4, 0.5) is 10.2 Å². The summed E-state index contributed by atoms with van der Waals surface area (Å²) in [6.07, 6.45) is -0.828. The van der Waals surface area contributed by atoms with Gasteiger partial charge in [0, 0.05) is 12.6 Å². The van der Waals surface area contributed by atoms with Crippen LogP contribution >= 0.6 is 11.6 Å². The third-order valence-corrected chi connectivity index (χ3v) is 3.01. The van der Waals surface area contributed by atoms with Crippen LogP contribution < -0.4 is 10.1 Å². The Hall–Kier alpha value is -2.36. The first-order chi connectivity index (χ1) is 10.6. The zero-order valence-electron chi connectivity index (χ0n) is 11.5. The number of pyridine rings is 1. The summed E-state index contributed by atoms with van der Waals surface area (Å²) in [6, 6.07) is 10.7. The molecule has 22 heavy (non-hydrogen) atoms. The molecule has 0 aliphatic carbocycles. The molecule has 1 aromatic carbocycles. The lowest BCUT2D eigenvalue weighted by Crippen LogP contribution is -2.26. The van der Waals surface area contributed by atoms with Crippen LogP contribution in [0.3, 0.4) is 0 Å². The average molecular weight is 322 g/mol. The van der Waals surface area contributed by atoms with Crippen molar-refractivity contribution in [3.63, 3.8) is 0 Å². The second kappa shape index (κ2) is 7.59. The van der Waals surface area contributed by atoms with E-state index < -0.39 is 11.9 Å². The van der Waals surface area contributed by atoms with E-state index >= 15 is 0 Å². The van der Waals surface area contributed by atoms with Gasteiger partial charge in [0.05, 0.1) is 5.02 Å². The van der Waals surface area contributed by atoms with Gasteiger partial charge in [-0.05, 0) is 24.3 Å². The summed E-state index contributed by atoms with van der Waals surface area (Å²) in [7, 11) is 0. The normalized spacial score (nSPS) is 11.5. The first-order valence-corrected chi connectivity index (χ1v) is 6.83. The molecule has 2 rings (SSSR count). The summed E-state index contributed by atoms with van der Waals surface area (Å²) in [5.74, 6) is 0.362. The highest BCUT2D eigenvalue weighted by atomic mass is 35.5. The molecule has 0 aliphatic rings. The summed E-state index contributed by atoms with van der Waals surface area (Å²) in [5.41, 5.74) is 0.108. The third-order valence-electron chi connectivity index (χ3n) is 2.71. The Balaban J connectivity index is 1.83. The van der Waals surface area contributed by atoms with Gasteiger partial charge in [0.15, 0.2) is 5.69 Å². The highest BCUT2D eigenvalue weighted by Gasteiger charge is 2.08. The van der Waals surface area contributed by atoms with Gasteiger partial charge >= 0.3 is 0 Å². The molecule has 2 aromatic rings. The molecule has 0 saturated carbocycles. The smallest absolute Gasteiger partial charge is 0.161 e. The molecule has 1 heterocycles. The van der Waals surface area contributed by atoms with Crippen molar-refractivity contribution < 1.29 is 14.2 Å². The van der Waals surface area contributed by atoms with E-state index in [1.807, 2.05) is 6.07 Å². The van der Waals surface area contributed by atoms with Crippen LogP contribution in [-0.4, -0.2) is 29.3 Å². The van der Waals surface area contributed by atoms with E-state index in [4.69, 9.17) is 21.6 Å². The molecule has 0 bridgehead atoms. The molecule has 0 radical (unpaired) electrons. The monoisotopic (exact) mass is 321 g/mol. The molecule has 0 unspecified atom stereocenters. The van der Waals surface area contributed by atoms with Crippen molar-refractivity contribution in [3.8, 4) is 11.8 Å². The van der Waals surface area contributed by atoms with Crippen molar-refractivity contribution in [2.75, 3.05) is 18.5 Å². The second-order valence-electron chi connectivity index (χ2n) is 4.44. The molecule has 0 aliphatic heterocycles. The minimum atomic E-state index is -0.828. The van der Waals surface area contributed by atoms with Gasteiger partial charge in [-0.25, -0.2) is 9.37 Å². The molecule has 114 valence electrons. The van der Waals surface area contributed by atoms with Gasteiger partial charge in [0.2, 0.25) is 0 Å². The van der Waals surface area contributed by atoms with Crippen LogP contribution in [0.1, 0.15) is 5.69 Å². The summed E-state index contributed by atoms with van der Waals surface area (Å²) in [5, 5.41) is 21.8.